The maximum atomic E-state index is 3.75. The van der Waals surface area contributed by atoms with Crippen LogP contribution in [-0.2, 0) is 6.54 Å². The van der Waals surface area contributed by atoms with E-state index in [1.807, 2.05) is 4.57 Å². The molecule has 0 amide bonds. The first kappa shape index (κ1) is 9.19. The molecule has 0 saturated heterocycles. The van der Waals surface area contributed by atoms with Gasteiger partial charge in [0.05, 0.1) is 0 Å². The molecule has 1 aromatic heterocycles. The van der Waals surface area contributed by atoms with Crippen LogP contribution in [0.25, 0.3) is 0 Å². The minimum absolute atomic E-state index is 0.981. The number of aromatic nitrogens is 3. The molecule has 0 radical (unpaired) electrons. The number of hydrogen-bond donors (Lipinski definition) is 0. The van der Waals surface area contributed by atoms with Crippen molar-refractivity contribution in [2.75, 3.05) is 19.6 Å². The molecule has 4 nitrogen and oxygen atoms in total. The van der Waals surface area contributed by atoms with Gasteiger partial charge in [0, 0.05) is 13.1 Å². The van der Waals surface area contributed by atoms with Gasteiger partial charge in [-0.3, -0.25) is 0 Å². The quantitative estimate of drug-likeness (QED) is 0.646. The van der Waals surface area contributed by atoms with E-state index in [0.717, 1.165) is 26.2 Å². The topological polar surface area (TPSA) is 34.0 Å². The van der Waals surface area contributed by atoms with E-state index in [0.29, 0.717) is 0 Å². The highest BCUT2D eigenvalue weighted by Crippen LogP contribution is 1.89. The average molecular weight is 168 g/mol. The molecule has 1 heterocycles. The van der Waals surface area contributed by atoms with Crippen LogP contribution in [0.3, 0.4) is 0 Å². The molecule has 0 fully saturated rings. The lowest BCUT2D eigenvalue weighted by molar-refractivity contribution is 0.290. The highest BCUT2D eigenvalue weighted by Gasteiger charge is 1.98. The van der Waals surface area contributed by atoms with E-state index < -0.39 is 0 Å². The Bertz CT molecular complexity index is 191. The summed E-state index contributed by atoms with van der Waals surface area (Å²) in [5.41, 5.74) is 0. The molecule has 1 rings (SSSR count). The second-order valence-electron chi connectivity index (χ2n) is 2.73. The van der Waals surface area contributed by atoms with Crippen molar-refractivity contribution >= 4 is 0 Å². The Morgan fingerprint density at radius 3 is 2.25 bits per heavy atom. The van der Waals surface area contributed by atoms with Gasteiger partial charge < -0.3 is 9.47 Å². The fraction of sp³-hybridized carbons (Fsp3) is 0.750. The third-order valence-corrected chi connectivity index (χ3v) is 2.04. The number of likely N-dealkylation sites (N-methyl/N-ethyl adjacent to an activating group) is 1. The molecule has 0 N–H and O–H groups in total. The molecule has 4 heteroatoms. The van der Waals surface area contributed by atoms with Crippen molar-refractivity contribution in [2.24, 2.45) is 0 Å². The zero-order valence-electron chi connectivity index (χ0n) is 7.77. The van der Waals surface area contributed by atoms with Gasteiger partial charge in [0.15, 0.2) is 0 Å². The van der Waals surface area contributed by atoms with Crippen molar-refractivity contribution in [3.8, 4) is 0 Å². The third kappa shape index (κ3) is 2.62. The van der Waals surface area contributed by atoms with Crippen molar-refractivity contribution < 1.29 is 0 Å². The van der Waals surface area contributed by atoms with Gasteiger partial charge in [0.25, 0.3) is 0 Å². The van der Waals surface area contributed by atoms with Crippen molar-refractivity contribution in [1.29, 1.82) is 0 Å². The minimum atomic E-state index is 0.981. The minimum Gasteiger partial charge on any atom is -0.319 e. The van der Waals surface area contributed by atoms with Crippen LogP contribution in [0.2, 0.25) is 0 Å². The van der Waals surface area contributed by atoms with E-state index >= 15 is 0 Å². The van der Waals surface area contributed by atoms with Crippen molar-refractivity contribution in [3.05, 3.63) is 12.7 Å². The van der Waals surface area contributed by atoms with E-state index in [4.69, 9.17) is 0 Å². The van der Waals surface area contributed by atoms with Crippen LogP contribution < -0.4 is 0 Å². The second-order valence-corrected chi connectivity index (χ2v) is 2.73. The van der Waals surface area contributed by atoms with Crippen LogP contribution >= 0.6 is 0 Å². The molecule has 0 aromatic carbocycles. The van der Waals surface area contributed by atoms with Crippen LogP contribution in [0.5, 0.6) is 0 Å². The highest BCUT2D eigenvalue weighted by molar-refractivity contribution is 4.62. The van der Waals surface area contributed by atoms with Crippen molar-refractivity contribution in [3.63, 3.8) is 0 Å². The van der Waals surface area contributed by atoms with Gasteiger partial charge in [-0.2, -0.15) is 0 Å². The summed E-state index contributed by atoms with van der Waals surface area (Å²) >= 11 is 0. The van der Waals surface area contributed by atoms with Crippen LogP contribution in [0.1, 0.15) is 13.8 Å². The largest absolute Gasteiger partial charge is 0.319 e. The smallest absolute Gasteiger partial charge is 0.119 e. The van der Waals surface area contributed by atoms with Gasteiger partial charge in [0.2, 0.25) is 0 Å². The predicted octanol–water partition coefficient (Wildman–Crippen LogP) is 0.620. The third-order valence-electron chi connectivity index (χ3n) is 2.04. The van der Waals surface area contributed by atoms with Gasteiger partial charge in [-0.25, -0.2) is 0 Å². The molecule has 1 aromatic rings. The Hall–Kier alpha value is -0.900. The SMILES string of the molecule is CCN(CC)CCn1cnnc1. The number of rotatable bonds is 5. The van der Waals surface area contributed by atoms with Gasteiger partial charge >= 0.3 is 0 Å². The summed E-state index contributed by atoms with van der Waals surface area (Å²) in [6.45, 7) is 8.63. The van der Waals surface area contributed by atoms with E-state index in [9.17, 15) is 0 Å². The Labute approximate surface area is 73.2 Å². The van der Waals surface area contributed by atoms with Gasteiger partial charge in [-0.15, -0.1) is 10.2 Å². The predicted molar refractivity (Wildman–Crippen MR) is 47.8 cm³/mol. The van der Waals surface area contributed by atoms with E-state index in [1.165, 1.54) is 0 Å². The lowest BCUT2D eigenvalue weighted by Gasteiger charge is -2.17. The summed E-state index contributed by atoms with van der Waals surface area (Å²) in [6, 6.07) is 0. The van der Waals surface area contributed by atoms with E-state index in [2.05, 4.69) is 28.9 Å². The molecular formula is C8H16N4. The van der Waals surface area contributed by atoms with Crippen molar-refractivity contribution in [1.82, 2.24) is 19.7 Å². The van der Waals surface area contributed by atoms with Gasteiger partial charge in [-0.05, 0) is 13.1 Å². The van der Waals surface area contributed by atoms with Crippen molar-refractivity contribution in [2.45, 2.75) is 20.4 Å². The fourth-order valence-corrected chi connectivity index (χ4v) is 1.13. The molecule has 0 aliphatic rings. The summed E-state index contributed by atoms with van der Waals surface area (Å²) in [5, 5.41) is 7.49. The van der Waals surface area contributed by atoms with E-state index in [1.54, 1.807) is 12.7 Å². The zero-order valence-corrected chi connectivity index (χ0v) is 7.77. The molecule has 0 spiro atoms. The highest BCUT2D eigenvalue weighted by atomic mass is 15.2. The maximum Gasteiger partial charge on any atom is 0.119 e. The Morgan fingerprint density at radius 1 is 1.17 bits per heavy atom. The molecule has 0 atom stereocenters. The van der Waals surface area contributed by atoms with Crippen LogP contribution in [0.15, 0.2) is 12.7 Å². The number of nitrogens with zero attached hydrogens (tertiary/aromatic N) is 4. The average Bonchev–Trinajstić information content (AvgIpc) is 2.59. The number of hydrogen-bond acceptors (Lipinski definition) is 3. The summed E-state index contributed by atoms with van der Waals surface area (Å²) in [7, 11) is 0. The van der Waals surface area contributed by atoms with Crippen LogP contribution in [-0.4, -0.2) is 39.3 Å². The molecule has 0 aliphatic carbocycles. The molecular weight excluding hydrogens is 152 g/mol. The molecule has 12 heavy (non-hydrogen) atoms. The molecule has 68 valence electrons. The summed E-state index contributed by atoms with van der Waals surface area (Å²) in [5.74, 6) is 0. The summed E-state index contributed by atoms with van der Waals surface area (Å²) in [6.07, 6.45) is 3.51. The molecule has 0 bridgehead atoms. The second kappa shape index (κ2) is 4.87. The zero-order chi connectivity index (χ0) is 8.81. The Kier molecular flexibility index (Phi) is 3.73. The first-order chi connectivity index (χ1) is 5.86. The first-order valence-electron chi connectivity index (χ1n) is 4.41. The molecule has 0 aliphatic heterocycles. The Balaban J connectivity index is 2.25. The lowest BCUT2D eigenvalue weighted by atomic mass is 10.4. The molecule has 0 unspecified atom stereocenters. The maximum absolute atomic E-state index is 3.75. The summed E-state index contributed by atoms with van der Waals surface area (Å²) in [4.78, 5) is 2.38. The Morgan fingerprint density at radius 2 is 1.75 bits per heavy atom. The standard InChI is InChI=1S/C8H16N4/c1-3-11(4-2)5-6-12-7-9-10-8-12/h7-8H,3-6H2,1-2H3. The van der Waals surface area contributed by atoms with Gasteiger partial charge in [0.1, 0.15) is 12.7 Å². The first-order valence-corrected chi connectivity index (χ1v) is 4.41. The van der Waals surface area contributed by atoms with Crippen LogP contribution in [0, 0.1) is 0 Å². The normalized spacial score (nSPS) is 10.9. The van der Waals surface area contributed by atoms with E-state index in [-0.39, 0.29) is 0 Å². The monoisotopic (exact) mass is 168 g/mol. The molecule has 0 saturated carbocycles. The van der Waals surface area contributed by atoms with Gasteiger partial charge in [-0.1, -0.05) is 13.8 Å². The van der Waals surface area contributed by atoms with Crippen LogP contribution in [0.4, 0.5) is 0 Å². The lowest BCUT2D eigenvalue weighted by Crippen LogP contribution is -2.26. The fourth-order valence-electron chi connectivity index (χ4n) is 1.13. The summed E-state index contributed by atoms with van der Waals surface area (Å²) < 4.78 is 2.00.